The van der Waals surface area contributed by atoms with E-state index in [1.165, 1.54) is 6.07 Å². The zero-order chi connectivity index (χ0) is 16.1. The van der Waals surface area contributed by atoms with Crippen LogP contribution in [-0.2, 0) is 0 Å². The zero-order valence-corrected chi connectivity index (χ0v) is 12.5. The van der Waals surface area contributed by atoms with Crippen molar-refractivity contribution in [2.45, 2.75) is 38.4 Å². The van der Waals surface area contributed by atoms with Gasteiger partial charge in [-0.2, -0.15) is 8.78 Å². The molecule has 0 atom stereocenters. The SMILES string of the molecule is FC(F)Oc1ccc(Nc2cccnc2)cc1OC1CCCC1. The number of pyridine rings is 1. The van der Waals surface area contributed by atoms with Crippen molar-refractivity contribution >= 4 is 11.4 Å². The van der Waals surface area contributed by atoms with Gasteiger partial charge in [0.1, 0.15) is 0 Å². The van der Waals surface area contributed by atoms with Gasteiger partial charge in [-0.05, 0) is 49.9 Å². The summed E-state index contributed by atoms with van der Waals surface area (Å²) in [5, 5.41) is 3.16. The van der Waals surface area contributed by atoms with Crippen LogP contribution in [0.5, 0.6) is 11.5 Å². The third kappa shape index (κ3) is 4.31. The standard InChI is InChI=1S/C17H18F2N2O2/c18-17(19)23-15-8-7-12(21-13-4-3-9-20-11-13)10-16(15)22-14-5-1-2-6-14/h3-4,7-11,14,17,21H,1-2,5-6H2. The first kappa shape index (κ1) is 15.5. The van der Waals surface area contributed by atoms with Gasteiger partial charge >= 0.3 is 6.61 Å². The highest BCUT2D eigenvalue weighted by molar-refractivity contribution is 5.62. The van der Waals surface area contributed by atoms with E-state index in [1.807, 2.05) is 12.1 Å². The maximum absolute atomic E-state index is 12.6. The number of alkyl halides is 2. The van der Waals surface area contributed by atoms with Crippen molar-refractivity contribution in [3.63, 3.8) is 0 Å². The number of nitrogens with zero attached hydrogens (tertiary/aromatic N) is 1. The van der Waals surface area contributed by atoms with E-state index >= 15 is 0 Å². The third-order valence-electron chi connectivity index (χ3n) is 3.71. The molecule has 1 N–H and O–H groups in total. The lowest BCUT2D eigenvalue weighted by atomic mass is 10.2. The number of aromatic nitrogens is 1. The van der Waals surface area contributed by atoms with Crippen LogP contribution in [-0.4, -0.2) is 17.7 Å². The van der Waals surface area contributed by atoms with E-state index < -0.39 is 6.61 Å². The molecule has 23 heavy (non-hydrogen) atoms. The molecule has 6 heteroatoms. The Hall–Kier alpha value is -2.37. The molecule has 1 aromatic heterocycles. The third-order valence-corrected chi connectivity index (χ3v) is 3.71. The lowest BCUT2D eigenvalue weighted by Gasteiger charge is -2.18. The van der Waals surface area contributed by atoms with Crippen LogP contribution in [0.1, 0.15) is 25.7 Å². The van der Waals surface area contributed by atoms with E-state index in [1.54, 1.807) is 24.5 Å². The van der Waals surface area contributed by atoms with Crippen LogP contribution in [0.2, 0.25) is 0 Å². The van der Waals surface area contributed by atoms with Gasteiger partial charge in [0.05, 0.1) is 18.0 Å². The first-order valence-electron chi connectivity index (χ1n) is 7.63. The highest BCUT2D eigenvalue weighted by Crippen LogP contribution is 2.35. The van der Waals surface area contributed by atoms with Gasteiger partial charge < -0.3 is 14.8 Å². The maximum atomic E-state index is 12.6. The van der Waals surface area contributed by atoms with Crippen molar-refractivity contribution in [1.29, 1.82) is 0 Å². The fourth-order valence-electron chi connectivity index (χ4n) is 2.66. The quantitative estimate of drug-likeness (QED) is 0.834. The first-order valence-corrected chi connectivity index (χ1v) is 7.63. The van der Waals surface area contributed by atoms with Gasteiger partial charge in [0.15, 0.2) is 11.5 Å². The summed E-state index contributed by atoms with van der Waals surface area (Å²) in [7, 11) is 0. The van der Waals surface area contributed by atoms with Gasteiger partial charge in [-0.1, -0.05) is 0 Å². The molecule has 0 radical (unpaired) electrons. The summed E-state index contributed by atoms with van der Waals surface area (Å²) >= 11 is 0. The summed E-state index contributed by atoms with van der Waals surface area (Å²) in [6, 6.07) is 8.53. The molecule has 0 aliphatic heterocycles. The van der Waals surface area contributed by atoms with Gasteiger partial charge in [0.2, 0.25) is 0 Å². The second kappa shape index (κ2) is 7.26. The molecular weight excluding hydrogens is 302 g/mol. The molecule has 1 aliphatic rings. The Labute approximate surface area is 133 Å². The predicted molar refractivity (Wildman–Crippen MR) is 83.5 cm³/mol. The molecule has 0 bridgehead atoms. The van der Waals surface area contributed by atoms with Crippen molar-refractivity contribution in [1.82, 2.24) is 4.98 Å². The molecule has 122 valence electrons. The second-order valence-electron chi connectivity index (χ2n) is 5.43. The average molecular weight is 320 g/mol. The van der Waals surface area contributed by atoms with Crippen LogP contribution in [0, 0.1) is 0 Å². The maximum Gasteiger partial charge on any atom is 0.387 e. The van der Waals surface area contributed by atoms with Gasteiger partial charge in [0, 0.05) is 18.0 Å². The number of ether oxygens (including phenoxy) is 2. The predicted octanol–water partition coefficient (Wildman–Crippen LogP) is 4.75. The van der Waals surface area contributed by atoms with Gasteiger partial charge in [-0.15, -0.1) is 0 Å². The molecule has 0 spiro atoms. The molecule has 1 heterocycles. The van der Waals surface area contributed by atoms with E-state index in [2.05, 4.69) is 15.0 Å². The molecule has 1 saturated carbocycles. The number of hydrogen-bond donors (Lipinski definition) is 1. The number of anilines is 2. The monoisotopic (exact) mass is 320 g/mol. The van der Waals surface area contributed by atoms with E-state index in [0.717, 1.165) is 37.1 Å². The molecule has 0 unspecified atom stereocenters. The van der Waals surface area contributed by atoms with E-state index in [4.69, 9.17) is 4.74 Å². The Bertz CT molecular complexity index is 632. The van der Waals surface area contributed by atoms with Crippen LogP contribution < -0.4 is 14.8 Å². The number of benzene rings is 1. The van der Waals surface area contributed by atoms with E-state index in [0.29, 0.717) is 5.75 Å². The first-order chi connectivity index (χ1) is 11.2. The number of nitrogens with one attached hydrogen (secondary N) is 1. The van der Waals surface area contributed by atoms with Crippen molar-refractivity contribution in [3.8, 4) is 11.5 Å². The summed E-state index contributed by atoms with van der Waals surface area (Å²) < 4.78 is 35.6. The van der Waals surface area contributed by atoms with Crippen LogP contribution in [0.25, 0.3) is 0 Å². The van der Waals surface area contributed by atoms with Crippen LogP contribution in [0.15, 0.2) is 42.7 Å². The minimum Gasteiger partial charge on any atom is -0.486 e. The van der Waals surface area contributed by atoms with E-state index in [9.17, 15) is 8.78 Å². The Morgan fingerprint density at radius 3 is 2.61 bits per heavy atom. The van der Waals surface area contributed by atoms with Crippen molar-refractivity contribution in [2.24, 2.45) is 0 Å². The molecule has 2 aromatic rings. The molecule has 1 aromatic carbocycles. The Balaban J connectivity index is 1.80. The van der Waals surface area contributed by atoms with Gasteiger partial charge in [-0.3, -0.25) is 4.98 Å². The Morgan fingerprint density at radius 2 is 1.91 bits per heavy atom. The minimum atomic E-state index is -2.88. The number of rotatable bonds is 6. The highest BCUT2D eigenvalue weighted by Gasteiger charge is 2.20. The molecule has 1 fully saturated rings. The van der Waals surface area contributed by atoms with Crippen LogP contribution in [0.3, 0.4) is 0 Å². The highest BCUT2D eigenvalue weighted by atomic mass is 19.3. The number of halogens is 2. The Kier molecular flexibility index (Phi) is 4.90. The zero-order valence-electron chi connectivity index (χ0n) is 12.5. The summed E-state index contributed by atoms with van der Waals surface area (Å²) in [5.41, 5.74) is 1.54. The molecule has 0 saturated heterocycles. The van der Waals surface area contributed by atoms with Crippen molar-refractivity contribution in [2.75, 3.05) is 5.32 Å². The molecule has 4 nitrogen and oxygen atoms in total. The van der Waals surface area contributed by atoms with Gasteiger partial charge in [0.25, 0.3) is 0 Å². The lowest BCUT2D eigenvalue weighted by molar-refractivity contribution is -0.0520. The summed E-state index contributed by atoms with van der Waals surface area (Å²) in [5.74, 6) is 0.398. The van der Waals surface area contributed by atoms with Crippen molar-refractivity contribution in [3.05, 3.63) is 42.7 Å². The van der Waals surface area contributed by atoms with Crippen molar-refractivity contribution < 1.29 is 18.3 Å². The lowest BCUT2D eigenvalue weighted by Crippen LogP contribution is -2.13. The molecule has 0 amide bonds. The number of hydrogen-bond acceptors (Lipinski definition) is 4. The fourth-order valence-corrected chi connectivity index (χ4v) is 2.66. The molecule has 3 rings (SSSR count). The summed E-state index contributed by atoms with van der Waals surface area (Å²) in [6.45, 7) is -2.88. The summed E-state index contributed by atoms with van der Waals surface area (Å²) in [4.78, 5) is 4.03. The fraction of sp³-hybridized carbons (Fsp3) is 0.353. The molecule has 1 aliphatic carbocycles. The van der Waals surface area contributed by atoms with Crippen LogP contribution >= 0.6 is 0 Å². The minimum absolute atomic E-state index is 0.0589. The Morgan fingerprint density at radius 1 is 1.09 bits per heavy atom. The normalized spacial score (nSPS) is 14.9. The van der Waals surface area contributed by atoms with E-state index in [-0.39, 0.29) is 11.9 Å². The average Bonchev–Trinajstić information content (AvgIpc) is 3.03. The largest absolute Gasteiger partial charge is 0.486 e. The summed E-state index contributed by atoms with van der Waals surface area (Å²) in [6.07, 6.45) is 7.50. The molecular formula is C17H18F2N2O2. The van der Waals surface area contributed by atoms with Crippen LogP contribution in [0.4, 0.5) is 20.2 Å². The second-order valence-corrected chi connectivity index (χ2v) is 5.43. The van der Waals surface area contributed by atoms with Gasteiger partial charge in [-0.25, -0.2) is 0 Å². The smallest absolute Gasteiger partial charge is 0.387 e. The topological polar surface area (TPSA) is 43.4 Å².